The molecule has 0 saturated heterocycles. The Labute approximate surface area is 62.1 Å². The Balaban J connectivity index is 2.51. The second-order valence-electron chi connectivity index (χ2n) is 3.04. The van der Waals surface area contributed by atoms with Crippen molar-refractivity contribution in [2.75, 3.05) is 0 Å². The van der Waals surface area contributed by atoms with Crippen LogP contribution in [0.5, 0.6) is 0 Å². The normalized spacial score (nSPS) is 21.2. The summed E-state index contributed by atoms with van der Waals surface area (Å²) in [6, 6.07) is 0. The lowest BCUT2D eigenvalue weighted by Gasteiger charge is -2.34. The van der Waals surface area contributed by atoms with E-state index in [0.29, 0.717) is 0 Å². The van der Waals surface area contributed by atoms with Gasteiger partial charge in [-0.25, -0.2) is 0 Å². The van der Waals surface area contributed by atoms with Gasteiger partial charge in [-0.05, 0) is 26.0 Å². The van der Waals surface area contributed by atoms with E-state index in [-0.39, 0.29) is 5.54 Å². The highest BCUT2D eigenvalue weighted by Crippen LogP contribution is 2.19. The number of allylic oxidation sites excluding steroid dienone is 3. The molecule has 1 heterocycles. The van der Waals surface area contributed by atoms with Crippen molar-refractivity contribution < 1.29 is 0 Å². The molecule has 0 aromatic carbocycles. The highest BCUT2D eigenvalue weighted by molar-refractivity contribution is 5.33. The maximum atomic E-state index is 3.59. The first-order valence-corrected chi connectivity index (χ1v) is 3.44. The van der Waals surface area contributed by atoms with Gasteiger partial charge in [-0.3, -0.25) is 0 Å². The van der Waals surface area contributed by atoms with E-state index in [1.54, 1.807) is 6.08 Å². The second kappa shape index (κ2) is 2.33. The summed E-state index contributed by atoms with van der Waals surface area (Å²) in [6.45, 7) is 7.86. The van der Waals surface area contributed by atoms with E-state index in [1.165, 1.54) is 5.70 Å². The number of hydrogen-bond donors (Lipinski definition) is 1. The first-order valence-electron chi connectivity index (χ1n) is 3.44. The van der Waals surface area contributed by atoms with E-state index in [0.717, 1.165) is 0 Å². The van der Waals surface area contributed by atoms with Crippen molar-refractivity contribution >= 4 is 0 Å². The molecule has 1 heteroatoms. The van der Waals surface area contributed by atoms with Gasteiger partial charge in [-0.15, -0.1) is 0 Å². The molecule has 0 spiro atoms. The fourth-order valence-electron chi connectivity index (χ4n) is 1.02. The summed E-state index contributed by atoms with van der Waals surface area (Å²) in [5.74, 6) is 0. The Morgan fingerprint density at radius 3 is 2.60 bits per heavy atom. The minimum atomic E-state index is 0.195. The van der Waals surface area contributed by atoms with Crippen LogP contribution < -0.4 is 5.32 Å². The second-order valence-corrected chi connectivity index (χ2v) is 3.04. The third-order valence-electron chi connectivity index (χ3n) is 1.39. The lowest BCUT2D eigenvalue weighted by molar-refractivity contribution is 0.478. The zero-order chi connectivity index (χ0) is 7.61. The molecular formula is C9H13N. The third kappa shape index (κ3) is 1.50. The molecule has 1 nitrogen and oxygen atoms in total. The van der Waals surface area contributed by atoms with Crippen LogP contribution in [0, 0.1) is 0 Å². The van der Waals surface area contributed by atoms with Crippen LogP contribution in [0.3, 0.4) is 0 Å². The molecule has 0 fully saturated rings. The Morgan fingerprint density at radius 1 is 1.60 bits per heavy atom. The summed E-state index contributed by atoms with van der Waals surface area (Å²) in [7, 11) is 0. The molecule has 10 heavy (non-hydrogen) atoms. The van der Waals surface area contributed by atoms with Gasteiger partial charge in [-0.1, -0.05) is 18.7 Å². The molecular weight excluding hydrogens is 122 g/mol. The van der Waals surface area contributed by atoms with Crippen molar-refractivity contribution in [1.29, 1.82) is 0 Å². The quantitative estimate of drug-likeness (QED) is 0.571. The summed E-state index contributed by atoms with van der Waals surface area (Å²) in [6.07, 6.45) is 7.90. The van der Waals surface area contributed by atoms with Crippen molar-refractivity contribution in [2.24, 2.45) is 0 Å². The van der Waals surface area contributed by atoms with Crippen molar-refractivity contribution in [3.8, 4) is 0 Å². The smallest absolute Gasteiger partial charge is 0.0522 e. The summed E-state index contributed by atoms with van der Waals surface area (Å²) >= 11 is 0. The number of hydrogen-bond acceptors (Lipinski definition) is 1. The SMILES string of the molecule is C=C/C=C\C1=CC(C)(C)N1. The van der Waals surface area contributed by atoms with Crippen LogP contribution in [0.1, 0.15) is 13.8 Å². The van der Waals surface area contributed by atoms with Crippen LogP contribution in [0.2, 0.25) is 0 Å². The molecule has 0 aromatic heterocycles. The predicted octanol–water partition coefficient (Wildman–Crippen LogP) is 1.99. The van der Waals surface area contributed by atoms with Gasteiger partial charge in [0.15, 0.2) is 0 Å². The number of nitrogens with one attached hydrogen (secondary N) is 1. The fraction of sp³-hybridized carbons (Fsp3) is 0.333. The molecule has 0 bridgehead atoms. The van der Waals surface area contributed by atoms with Gasteiger partial charge in [0.2, 0.25) is 0 Å². The van der Waals surface area contributed by atoms with Crippen LogP contribution >= 0.6 is 0 Å². The summed E-state index contributed by atoms with van der Waals surface area (Å²) in [5, 5.41) is 3.28. The summed E-state index contributed by atoms with van der Waals surface area (Å²) in [4.78, 5) is 0. The van der Waals surface area contributed by atoms with Crippen molar-refractivity contribution in [3.63, 3.8) is 0 Å². The molecule has 0 radical (unpaired) electrons. The van der Waals surface area contributed by atoms with Crippen molar-refractivity contribution in [2.45, 2.75) is 19.4 Å². The lowest BCUT2D eigenvalue weighted by atomic mass is 9.95. The maximum absolute atomic E-state index is 3.59. The Morgan fingerprint density at radius 2 is 2.20 bits per heavy atom. The molecule has 0 saturated carbocycles. The summed E-state index contributed by atoms with van der Waals surface area (Å²) < 4.78 is 0. The average molecular weight is 135 g/mol. The average Bonchev–Trinajstić information content (AvgIpc) is 1.78. The third-order valence-corrected chi connectivity index (χ3v) is 1.39. The minimum Gasteiger partial charge on any atom is -0.377 e. The molecule has 54 valence electrons. The van der Waals surface area contributed by atoms with Crippen LogP contribution in [0.25, 0.3) is 0 Å². The molecule has 0 aromatic rings. The molecule has 1 aliphatic heterocycles. The van der Waals surface area contributed by atoms with Gasteiger partial charge in [0.05, 0.1) is 5.54 Å². The molecule has 1 rings (SSSR count). The summed E-state index contributed by atoms with van der Waals surface area (Å²) in [5.41, 5.74) is 1.38. The van der Waals surface area contributed by atoms with Gasteiger partial charge in [0.1, 0.15) is 0 Å². The van der Waals surface area contributed by atoms with Gasteiger partial charge in [0.25, 0.3) is 0 Å². The number of rotatable bonds is 2. The fourth-order valence-corrected chi connectivity index (χ4v) is 1.02. The topological polar surface area (TPSA) is 12.0 Å². The highest BCUT2D eigenvalue weighted by Gasteiger charge is 2.22. The molecule has 1 aliphatic rings. The van der Waals surface area contributed by atoms with Crippen LogP contribution in [-0.2, 0) is 0 Å². The first-order chi connectivity index (χ1) is 4.64. The van der Waals surface area contributed by atoms with E-state index in [2.05, 4.69) is 31.8 Å². The van der Waals surface area contributed by atoms with Gasteiger partial charge in [-0.2, -0.15) is 0 Å². The van der Waals surface area contributed by atoms with Gasteiger partial charge in [0, 0.05) is 5.70 Å². The maximum Gasteiger partial charge on any atom is 0.0522 e. The van der Waals surface area contributed by atoms with E-state index >= 15 is 0 Å². The zero-order valence-corrected chi connectivity index (χ0v) is 6.52. The molecule has 1 N–H and O–H groups in total. The molecule has 0 unspecified atom stereocenters. The van der Waals surface area contributed by atoms with E-state index < -0.39 is 0 Å². The van der Waals surface area contributed by atoms with Crippen LogP contribution in [-0.4, -0.2) is 5.54 Å². The molecule has 0 amide bonds. The predicted molar refractivity (Wildman–Crippen MR) is 44.6 cm³/mol. The van der Waals surface area contributed by atoms with Crippen molar-refractivity contribution in [1.82, 2.24) is 5.32 Å². The lowest BCUT2D eigenvalue weighted by Crippen LogP contribution is -2.44. The Bertz CT molecular complexity index is 197. The first kappa shape index (κ1) is 7.13. The standard InChI is InChI=1S/C9H13N/c1-4-5-6-8-7-9(2,3)10-8/h4-7,10H,1H2,2-3H3/b6-5-. The van der Waals surface area contributed by atoms with Crippen molar-refractivity contribution in [3.05, 3.63) is 36.6 Å². The van der Waals surface area contributed by atoms with Gasteiger partial charge < -0.3 is 5.32 Å². The van der Waals surface area contributed by atoms with Crippen LogP contribution in [0.15, 0.2) is 36.6 Å². The Hall–Kier alpha value is -0.980. The van der Waals surface area contributed by atoms with Crippen LogP contribution in [0.4, 0.5) is 0 Å². The molecule has 0 atom stereocenters. The monoisotopic (exact) mass is 135 g/mol. The van der Waals surface area contributed by atoms with E-state index in [9.17, 15) is 0 Å². The minimum absolute atomic E-state index is 0.195. The molecule has 0 aliphatic carbocycles. The van der Waals surface area contributed by atoms with Gasteiger partial charge >= 0.3 is 0 Å². The highest BCUT2D eigenvalue weighted by atomic mass is 15.0. The largest absolute Gasteiger partial charge is 0.377 e. The van der Waals surface area contributed by atoms with E-state index in [1.807, 2.05) is 12.2 Å². The Kier molecular flexibility index (Phi) is 1.66. The zero-order valence-electron chi connectivity index (χ0n) is 6.52. The van der Waals surface area contributed by atoms with E-state index in [4.69, 9.17) is 0 Å².